The molecule has 0 saturated heterocycles. The normalized spacial score (nSPS) is 10.6. The van der Waals surface area contributed by atoms with Crippen molar-refractivity contribution in [2.75, 3.05) is 5.73 Å². The van der Waals surface area contributed by atoms with E-state index in [0.717, 1.165) is 17.6 Å². The largest absolute Gasteiger partial charge is 0.392 e. The summed E-state index contributed by atoms with van der Waals surface area (Å²) in [7, 11) is 0. The lowest BCUT2D eigenvalue weighted by Gasteiger charge is -1.99. The highest BCUT2D eigenvalue weighted by Gasteiger charge is 2.27. The van der Waals surface area contributed by atoms with Gasteiger partial charge in [-0.1, -0.05) is 11.6 Å². The van der Waals surface area contributed by atoms with Crippen molar-refractivity contribution in [3.05, 3.63) is 31.4 Å². The second kappa shape index (κ2) is 3.79. The van der Waals surface area contributed by atoms with E-state index in [0.29, 0.717) is 0 Å². The van der Waals surface area contributed by atoms with Crippen molar-refractivity contribution in [1.82, 2.24) is 4.37 Å². The van der Waals surface area contributed by atoms with Crippen molar-refractivity contribution < 1.29 is 9.85 Å². The number of nitro benzene ring substituents is 2. The maximum absolute atomic E-state index is 10.8. The molecule has 0 bridgehead atoms. The van der Waals surface area contributed by atoms with Crippen LogP contribution in [0.3, 0.4) is 0 Å². The molecule has 8 nitrogen and oxygen atoms in total. The van der Waals surface area contributed by atoms with Gasteiger partial charge in [-0.05, 0) is 11.5 Å². The Hall–Kier alpha value is -2.00. The zero-order valence-corrected chi connectivity index (χ0v) is 9.49. The number of benzene rings is 1. The summed E-state index contributed by atoms with van der Waals surface area (Å²) in [6.07, 6.45) is 0. The van der Waals surface area contributed by atoms with E-state index in [1.807, 2.05) is 0 Å². The standard InChI is InChI=1S/C7H3ClN4O4S/c8-7-4-2(11(13)14)1-3(12(15)16)5(9)6(4)17-10-7/h1H,9H2. The summed E-state index contributed by atoms with van der Waals surface area (Å²) in [6, 6.07) is 0.790. The first-order valence-corrected chi connectivity index (χ1v) is 5.24. The zero-order valence-electron chi connectivity index (χ0n) is 7.92. The second-order valence-corrected chi connectivity index (χ2v) is 4.15. The minimum atomic E-state index is -0.782. The van der Waals surface area contributed by atoms with E-state index < -0.39 is 21.2 Å². The van der Waals surface area contributed by atoms with Crippen molar-refractivity contribution in [3.8, 4) is 0 Å². The first kappa shape index (κ1) is 11.5. The lowest BCUT2D eigenvalue weighted by Crippen LogP contribution is -1.98. The van der Waals surface area contributed by atoms with E-state index in [-0.39, 0.29) is 20.9 Å². The number of non-ortho nitro benzene ring substituents is 1. The molecule has 0 unspecified atom stereocenters. The third-order valence-corrected chi connectivity index (χ3v) is 3.35. The average Bonchev–Trinajstić information content (AvgIpc) is 2.61. The summed E-state index contributed by atoms with van der Waals surface area (Å²) in [5.41, 5.74) is 4.39. The Morgan fingerprint density at radius 3 is 2.41 bits per heavy atom. The molecule has 0 saturated carbocycles. The number of hydrogen-bond donors (Lipinski definition) is 1. The molecule has 88 valence electrons. The highest BCUT2D eigenvalue weighted by Crippen LogP contribution is 2.42. The number of nitro groups is 2. The molecule has 0 aliphatic carbocycles. The Morgan fingerprint density at radius 2 is 1.88 bits per heavy atom. The number of nitrogen functional groups attached to an aromatic ring is 1. The van der Waals surface area contributed by atoms with E-state index in [1.165, 1.54) is 0 Å². The number of aromatic nitrogens is 1. The Labute approximate surface area is 102 Å². The van der Waals surface area contributed by atoms with Gasteiger partial charge in [0.25, 0.3) is 5.69 Å². The van der Waals surface area contributed by atoms with Crippen LogP contribution in [0.15, 0.2) is 6.07 Å². The Bertz CT molecular complexity index is 655. The van der Waals surface area contributed by atoms with Gasteiger partial charge in [-0.15, -0.1) is 0 Å². The molecule has 2 aromatic rings. The molecule has 2 rings (SSSR count). The molecule has 17 heavy (non-hydrogen) atoms. The first-order chi connectivity index (χ1) is 7.93. The summed E-state index contributed by atoms with van der Waals surface area (Å²) >= 11 is 6.48. The van der Waals surface area contributed by atoms with Crippen LogP contribution in [0, 0.1) is 20.2 Å². The molecule has 0 spiro atoms. The highest BCUT2D eigenvalue weighted by atomic mass is 35.5. The van der Waals surface area contributed by atoms with Crippen LogP contribution >= 0.6 is 23.1 Å². The number of rotatable bonds is 2. The summed E-state index contributed by atoms with van der Waals surface area (Å²) in [5.74, 6) is 0. The van der Waals surface area contributed by atoms with Gasteiger partial charge >= 0.3 is 5.69 Å². The maximum Gasteiger partial charge on any atom is 0.300 e. The second-order valence-electron chi connectivity index (χ2n) is 3.02. The van der Waals surface area contributed by atoms with Gasteiger partial charge < -0.3 is 5.73 Å². The number of anilines is 1. The van der Waals surface area contributed by atoms with Crippen molar-refractivity contribution in [1.29, 1.82) is 0 Å². The van der Waals surface area contributed by atoms with Gasteiger partial charge in [0.15, 0.2) is 5.15 Å². The molecule has 0 atom stereocenters. The van der Waals surface area contributed by atoms with E-state index in [2.05, 4.69) is 4.37 Å². The molecule has 2 N–H and O–H groups in total. The van der Waals surface area contributed by atoms with Crippen molar-refractivity contribution in [2.45, 2.75) is 0 Å². The third-order valence-electron chi connectivity index (χ3n) is 2.09. The molecule has 1 heterocycles. The van der Waals surface area contributed by atoms with Crippen LogP contribution in [0.4, 0.5) is 17.1 Å². The predicted octanol–water partition coefficient (Wildman–Crippen LogP) is 2.35. The number of fused-ring (bicyclic) bond motifs is 1. The smallest absolute Gasteiger partial charge is 0.300 e. The average molecular weight is 275 g/mol. The summed E-state index contributed by atoms with van der Waals surface area (Å²) in [6.45, 7) is 0. The fourth-order valence-corrected chi connectivity index (χ4v) is 2.48. The van der Waals surface area contributed by atoms with Gasteiger partial charge in [-0.25, -0.2) is 0 Å². The van der Waals surface area contributed by atoms with Gasteiger partial charge in [0.2, 0.25) is 0 Å². The fourth-order valence-electron chi connectivity index (χ4n) is 1.37. The molecular weight excluding hydrogens is 272 g/mol. The lowest BCUT2D eigenvalue weighted by molar-refractivity contribution is -0.392. The van der Waals surface area contributed by atoms with Crippen LogP contribution < -0.4 is 5.73 Å². The van der Waals surface area contributed by atoms with Crippen molar-refractivity contribution in [2.24, 2.45) is 0 Å². The molecule has 0 aliphatic rings. The fraction of sp³-hybridized carbons (Fsp3) is 0. The molecule has 1 aromatic heterocycles. The molecule has 0 amide bonds. The predicted molar refractivity (Wildman–Crippen MR) is 62.4 cm³/mol. The van der Waals surface area contributed by atoms with Crippen LogP contribution in [0.2, 0.25) is 5.15 Å². The minimum absolute atomic E-state index is 0.0322. The van der Waals surface area contributed by atoms with E-state index in [4.69, 9.17) is 17.3 Å². The van der Waals surface area contributed by atoms with Crippen LogP contribution in [-0.4, -0.2) is 14.2 Å². The van der Waals surface area contributed by atoms with Gasteiger partial charge in [0, 0.05) is 0 Å². The van der Waals surface area contributed by atoms with Crippen LogP contribution in [0.5, 0.6) is 0 Å². The van der Waals surface area contributed by atoms with E-state index >= 15 is 0 Å². The van der Waals surface area contributed by atoms with Gasteiger partial charge in [-0.3, -0.25) is 20.2 Å². The lowest BCUT2D eigenvalue weighted by atomic mass is 10.2. The highest BCUT2D eigenvalue weighted by molar-refractivity contribution is 7.14. The molecule has 0 aliphatic heterocycles. The van der Waals surface area contributed by atoms with Crippen LogP contribution in [-0.2, 0) is 0 Å². The van der Waals surface area contributed by atoms with Crippen LogP contribution in [0.1, 0.15) is 0 Å². The molecular formula is C7H3ClN4O4S. The molecule has 0 fully saturated rings. The topological polar surface area (TPSA) is 125 Å². The van der Waals surface area contributed by atoms with Gasteiger partial charge in [0.05, 0.1) is 20.6 Å². The maximum atomic E-state index is 10.8. The van der Waals surface area contributed by atoms with E-state index in [9.17, 15) is 20.2 Å². The number of hydrogen-bond acceptors (Lipinski definition) is 7. The Morgan fingerprint density at radius 1 is 1.29 bits per heavy atom. The molecule has 10 heteroatoms. The van der Waals surface area contributed by atoms with Crippen LogP contribution in [0.25, 0.3) is 10.1 Å². The first-order valence-electron chi connectivity index (χ1n) is 4.09. The summed E-state index contributed by atoms with van der Waals surface area (Å²) < 4.78 is 3.85. The number of halogens is 1. The van der Waals surface area contributed by atoms with Crippen molar-refractivity contribution >= 4 is 50.3 Å². The molecule has 0 radical (unpaired) electrons. The monoisotopic (exact) mass is 274 g/mol. The quantitative estimate of drug-likeness (QED) is 0.509. The van der Waals surface area contributed by atoms with Crippen molar-refractivity contribution in [3.63, 3.8) is 0 Å². The minimum Gasteiger partial charge on any atom is -0.392 e. The van der Waals surface area contributed by atoms with Gasteiger partial charge in [0.1, 0.15) is 11.1 Å². The SMILES string of the molecule is Nc1c([N+](=O)[O-])cc([N+](=O)[O-])c2c(Cl)nsc12. The summed E-state index contributed by atoms with van der Waals surface area (Å²) in [5, 5.41) is 21.5. The van der Waals surface area contributed by atoms with Gasteiger partial charge in [-0.2, -0.15) is 4.37 Å². The molecule has 1 aromatic carbocycles. The Kier molecular flexibility index (Phi) is 2.56. The zero-order chi connectivity index (χ0) is 12.7. The number of nitrogens with zero attached hydrogens (tertiary/aromatic N) is 3. The Balaban J connectivity index is 2.96. The summed E-state index contributed by atoms with van der Waals surface area (Å²) in [4.78, 5) is 20.0. The van der Waals surface area contributed by atoms with E-state index in [1.54, 1.807) is 0 Å². The number of nitrogens with two attached hydrogens (primary N) is 1. The third kappa shape index (κ3) is 1.65.